The molecule has 1 aromatic rings. The maximum Gasteiger partial charge on any atom is 0.255 e. The molecule has 1 saturated carbocycles. The minimum Gasteiger partial charge on any atom is -0.383 e. The number of nitrogens with two attached hydrogens (primary N) is 1. The topological polar surface area (TPSA) is 85.2 Å². The molecule has 96 valence electrons. The lowest BCUT2D eigenvalue weighted by Crippen LogP contribution is -2.07. The third-order valence-corrected chi connectivity index (χ3v) is 3.40. The minimum atomic E-state index is -0.716. The van der Waals surface area contributed by atoms with Crippen LogP contribution in [0.5, 0.6) is 0 Å². The van der Waals surface area contributed by atoms with E-state index in [1.54, 1.807) is 0 Å². The lowest BCUT2D eigenvalue weighted by Gasteiger charge is -2.07. The molecule has 1 unspecified atom stereocenters. The number of aliphatic hydroxyl groups excluding tert-OH is 1. The molecule has 0 spiro atoms. The van der Waals surface area contributed by atoms with E-state index in [0.29, 0.717) is 24.8 Å². The van der Waals surface area contributed by atoms with Crippen molar-refractivity contribution in [1.29, 1.82) is 0 Å². The van der Waals surface area contributed by atoms with Gasteiger partial charge in [0.05, 0.1) is 0 Å². The second-order valence-electron chi connectivity index (χ2n) is 4.77. The highest BCUT2D eigenvalue weighted by atomic mass is 16.5. The Bertz CT molecular complexity index is 332. The first kappa shape index (κ1) is 12.5. The van der Waals surface area contributed by atoms with Crippen LogP contribution in [0.25, 0.3) is 0 Å². The Kier molecular flexibility index (Phi) is 4.50. The van der Waals surface area contributed by atoms with Crippen molar-refractivity contribution in [3.05, 3.63) is 11.7 Å². The van der Waals surface area contributed by atoms with Gasteiger partial charge in [0, 0.05) is 5.92 Å². The zero-order valence-corrected chi connectivity index (χ0v) is 10.1. The molecule has 3 N–H and O–H groups in total. The molecule has 1 fully saturated rings. The number of hydrogen-bond acceptors (Lipinski definition) is 5. The largest absolute Gasteiger partial charge is 0.383 e. The van der Waals surface area contributed by atoms with Crippen LogP contribution in [0.2, 0.25) is 0 Å². The lowest BCUT2D eigenvalue weighted by atomic mass is 10.00. The summed E-state index contributed by atoms with van der Waals surface area (Å²) < 4.78 is 5.11. The molecule has 2 rings (SSSR count). The van der Waals surface area contributed by atoms with E-state index in [1.165, 1.54) is 25.7 Å². The second-order valence-corrected chi connectivity index (χ2v) is 4.77. The summed E-state index contributed by atoms with van der Waals surface area (Å²) in [6.07, 6.45) is 7.09. The van der Waals surface area contributed by atoms with Gasteiger partial charge in [-0.1, -0.05) is 30.8 Å². The highest BCUT2D eigenvalue weighted by Gasteiger charge is 2.22. The van der Waals surface area contributed by atoms with Crippen molar-refractivity contribution in [2.75, 3.05) is 6.54 Å². The lowest BCUT2D eigenvalue weighted by molar-refractivity contribution is 0.127. The molecule has 0 radical (unpaired) electrons. The van der Waals surface area contributed by atoms with Crippen molar-refractivity contribution in [2.24, 2.45) is 5.73 Å². The number of aliphatic hydroxyl groups is 1. The SMILES string of the molecule is NCCC(O)c1nc(C2CCCCCC2)no1. The Morgan fingerprint density at radius 1 is 1.29 bits per heavy atom. The Morgan fingerprint density at radius 2 is 2.00 bits per heavy atom. The molecule has 0 saturated heterocycles. The summed E-state index contributed by atoms with van der Waals surface area (Å²) in [6.45, 7) is 0.419. The average Bonchev–Trinajstić information content (AvgIpc) is 2.66. The summed E-state index contributed by atoms with van der Waals surface area (Å²) in [5, 5.41) is 13.7. The van der Waals surface area contributed by atoms with Gasteiger partial charge in [-0.15, -0.1) is 0 Å². The summed E-state index contributed by atoms with van der Waals surface area (Å²) in [5.41, 5.74) is 5.39. The summed E-state index contributed by atoms with van der Waals surface area (Å²) in [5.74, 6) is 1.48. The van der Waals surface area contributed by atoms with Crippen molar-refractivity contribution in [3.8, 4) is 0 Å². The fourth-order valence-corrected chi connectivity index (χ4v) is 2.37. The number of rotatable bonds is 4. The van der Waals surface area contributed by atoms with Crippen LogP contribution in [0.1, 0.15) is 68.7 Å². The van der Waals surface area contributed by atoms with Crippen molar-refractivity contribution < 1.29 is 9.63 Å². The first-order chi connectivity index (χ1) is 8.31. The normalized spacial score (nSPS) is 20.1. The number of aromatic nitrogens is 2. The van der Waals surface area contributed by atoms with Crippen LogP contribution >= 0.6 is 0 Å². The van der Waals surface area contributed by atoms with Gasteiger partial charge >= 0.3 is 0 Å². The van der Waals surface area contributed by atoms with Crippen LogP contribution in [0.15, 0.2) is 4.52 Å². The van der Waals surface area contributed by atoms with Crippen molar-refractivity contribution in [3.63, 3.8) is 0 Å². The molecule has 17 heavy (non-hydrogen) atoms. The van der Waals surface area contributed by atoms with E-state index in [9.17, 15) is 5.11 Å². The van der Waals surface area contributed by atoms with Crippen LogP contribution in [0.4, 0.5) is 0 Å². The Balaban J connectivity index is 2.01. The predicted molar refractivity (Wildman–Crippen MR) is 63.4 cm³/mol. The Morgan fingerprint density at radius 3 is 2.65 bits per heavy atom. The number of hydrogen-bond donors (Lipinski definition) is 2. The zero-order chi connectivity index (χ0) is 12.1. The predicted octanol–water partition coefficient (Wildman–Crippen LogP) is 1.89. The van der Waals surface area contributed by atoms with Crippen molar-refractivity contribution in [2.45, 2.75) is 57.0 Å². The van der Waals surface area contributed by atoms with E-state index in [-0.39, 0.29) is 0 Å². The maximum atomic E-state index is 9.71. The molecule has 1 aliphatic rings. The van der Waals surface area contributed by atoms with Crippen molar-refractivity contribution in [1.82, 2.24) is 10.1 Å². The van der Waals surface area contributed by atoms with Gasteiger partial charge in [-0.25, -0.2) is 0 Å². The first-order valence-corrected chi connectivity index (χ1v) is 6.53. The molecule has 1 aliphatic carbocycles. The maximum absolute atomic E-state index is 9.71. The molecule has 5 heteroatoms. The van der Waals surface area contributed by atoms with Gasteiger partial charge in [0.1, 0.15) is 6.10 Å². The quantitative estimate of drug-likeness (QED) is 0.784. The van der Waals surface area contributed by atoms with Crippen LogP contribution in [-0.4, -0.2) is 21.8 Å². The average molecular weight is 239 g/mol. The number of nitrogens with zero attached hydrogens (tertiary/aromatic N) is 2. The molecule has 0 amide bonds. The second kappa shape index (κ2) is 6.12. The van der Waals surface area contributed by atoms with E-state index in [1.807, 2.05) is 0 Å². The Labute approximate surface area is 101 Å². The van der Waals surface area contributed by atoms with Gasteiger partial charge in [-0.3, -0.25) is 0 Å². The third-order valence-electron chi connectivity index (χ3n) is 3.40. The molecule has 1 aromatic heterocycles. The molecule has 1 heterocycles. The monoisotopic (exact) mass is 239 g/mol. The third kappa shape index (κ3) is 3.26. The van der Waals surface area contributed by atoms with Gasteiger partial charge in [0.2, 0.25) is 0 Å². The van der Waals surface area contributed by atoms with Crippen LogP contribution in [0, 0.1) is 0 Å². The fourth-order valence-electron chi connectivity index (χ4n) is 2.37. The minimum absolute atomic E-state index is 0.315. The molecule has 0 bridgehead atoms. The van der Waals surface area contributed by atoms with Gasteiger partial charge in [0.15, 0.2) is 5.82 Å². The van der Waals surface area contributed by atoms with Gasteiger partial charge in [0.25, 0.3) is 5.89 Å². The standard InChI is InChI=1S/C12H21N3O2/c13-8-7-10(16)12-14-11(15-17-12)9-5-3-1-2-4-6-9/h9-10,16H,1-8,13H2. The smallest absolute Gasteiger partial charge is 0.255 e. The highest BCUT2D eigenvalue weighted by molar-refractivity contribution is 4.97. The van der Waals surface area contributed by atoms with Crippen LogP contribution < -0.4 is 5.73 Å². The van der Waals surface area contributed by atoms with Crippen molar-refractivity contribution >= 4 is 0 Å². The molecular weight excluding hydrogens is 218 g/mol. The van der Waals surface area contributed by atoms with E-state index in [4.69, 9.17) is 10.3 Å². The van der Waals surface area contributed by atoms with E-state index in [2.05, 4.69) is 10.1 Å². The molecular formula is C12H21N3O2. The van der Waals surface area contributed by atoms with Gasteiger partial charge < -0.3 is 15.4 Å². The van der Waals surface area contributed by atoms with Crippen LogP contribution in [-0.2, 0) is 0 Å². The van der Waals surface area contributed by atoms with E-state index >= 15 is 0 Å². The highest BCUT2D eigenvalue weighted by Crippen LogP contribution is 2.30. The zero-order valence-electron chi connectivity index (χ0n) is 10.1. The molecule has 1 atom stereocenters. The summed E-state index contributed by atoms with van der Waals surface area (Å²) in [6, 6.07) is 0. The van der Waals surface area contributed by atoms with Gasteiger partial charge in [-0.2, -0.15) is 4.98 Å². The molecule has 0 aromatic carbocycles. The Hall–Kier alpha value is -0.940. The molecule has 5 nitrogen and oxygen atoms in total. The summed E-state index contributed by atoms with van der Waals surface area (Å²) >= 11 is 0. The fraction of sp³-hybridized carbons (Fsp3) is 0.833. The first-order valence-electron chi connectivity index (χ1n) is 6.53. The van der Waals surface area contributed by atoms with Crippen LogP contribution in [0.3, 0.4) is 0 Å². The van der Waals surface area contributed by atoms with E-state index < -0.39 is 6.10 Å². The van der Waals surface area contributed by atoms with Gasteiger partial charge in [-0.05, 0) is 25.8 Å². The summed E-state index contributed by atoms with van der Waals surface area (Å²) in [7, 11) is 0. The summed E-state index contributed by atoms with van der Waals surface area (Å²) in [4.78, 5) is 4.31. The molecule has 0 aliphatic heterocycles. The van der Waals surface area contributed by atoms with E-state index in [0.717, 1.165) is 18.7 Å².